The fraction of sp³-hybridized carbons (Fsp3) is 0.348. The predicted octanol–water partition coefficient (Wildman–Crippen LogP) is 5.41. The molecule has 2 rings (SSSR count). The quantitative estimate of drug-likeness (QED) is 0.724. The van der Waals surface area contributed by atoms with E-state index < -0.39 is 5.97 Å². The van der Waals surface area contributed by atoms with Crippen LogP contribution in [0.3, 0.4) is 0 Å². The number of aromatic hydroxyl groups is 1. The maximum atomic E-state index is 11.6. The van der Waals surface area contributed by atoms with Gasteiger partial charge in [-0.15, -0.1) is 0 Å². The maximum absolute atomic E-state index is 11.6. The van der Waals surface area contributed by atoms with E-state index >= 15 is 0 Å². The maximum Gasteiger partial charge on any atom is 0.331 e. The third-order valence-electron chi connectivity index (χ3n) is 4.68. The number of allylic oxidation sites excluding steroid dienone is 1. The van der Waals surface area contributed by atoms with E-state index in [0.717, 1.165) is 33.4 Å². The highest BCUT2D eigenvalue weighted by molar-refractivity contribution is 5.96. The molecule has 2 aromatic carbocycles. The Labute approximate surface area is 156 Å². The van der Waals surface area contributed by atoms with Gasteiger partial charge in [0.2, 0.25) is 0 Å². The second-order valence-corrected chi connectivity index (χ2v) is 8.02. The summed E-state index contributed by atoms with van der Waals surface area (Å²) >= 11 is 0. The van der Waals surface area contributed by atoms with E-state index in [-0.39, 0.29) is 11.2 Å². The molecule has 0 fully saturated rings. The van der Waals surface area contributed by atoms with E-state index in [4.69, 9.17) is 0 Å². The first-order valence-corrected chi connectivity index (χ1v) is 8.83. The van der Waals surface area contributed by atoms with E-state index in [9.17, 15) is 15.0 Å². The topological polar surface area (TPSA) is 57.5 Å². The van der Waals surface area contributed by atoms with Gasteiger partial charge in [0.1, 0.15) is 5.75 Å². The highest BCUT2D eigenvalue weighted by Gasteiger charge is 2.22. The van der Waals surface area contributed by atoms with Crippen molar-refractivity contribution < 1.29 is 15.0 Å². The average molecular weight is 352 g/mol. The largest absolute Gasteiger partial charge is 0.507 e. The zero-order valence-corrected chi connectivity index (χ0v) is 16.5. The molecule has 0 spiro atoms. The minimum absolute atomic E-state index is 0.194. The molecular formula is C23H28O3. The first-order chi connectivity index (χ1) is 12.0. The van der Waals surface area contributed by atoms with Crippen LogP contribution < -0.4 is 0 Å². The van der Waals surface area contributed by atoms with Gasteiger partial charge in [-0.25, -0.2) is 4.79 Å². The number of phenolic OH excluding ortho intramolecular Hbond substituents is 1. The van der Waals surface area contributed by atoms with Crippen molar-refractivity contribution in [2.75, 3.05) is 0 Å². The zero-order chi connectivity index (χ0) is 19.6. The fourth-order valence-electron chi connectivity index (χ4n) is 3.09. The Morgan fingerprint density at radius 3 is 2.08 bits per heavy atom. The van der Waals surface area contributed by atoms with Crippen LogP contribution in [0.25, 0.3) is 5.57 Å². The number of carbonyl (C=O) groups is 1. The van der Waals surface area contributed by atoms with Crippen molar-refractivity contribution in [2.24, 2.45) is 0 Å². The summed E-state index contributed by atoms with van der Waals surface area (Å²) in [6.45, 7) is 11.8. The Morgan fingerprint density at radius 2 is 1.58 bits per heavy atom. The van der Waals surface area contributed by atoms with Crippen molar-refractivity contribution in [3.8, 4) is 5.75 Å². The van der Waals surface area contributed by atoms with E-state index in [1.54, 1.807) is 6.92 Å². The van der Waals surface area contributed by atoms with E-state index in [1.807, 2.05) is 50.2 Å². The molecule has 0 heterocycles. The molecule has 2 N–H and O–H groups in total. The first-order valence-electron chi connectivity index (χ1n) is 8.83. The summed E-state index contributed by atoms with van der Waals surface area (Å²) < 4.78 is 0. The van der Waals surface area contributed by atoms with E-state index in [2.05, 4.69) is 20.8 Å². The van der Waals surface area contributed by atoms with Crippen LogP contribution in [0.4, 0.5) is 0 Å². The van der Waals surface area contributed by atoms with Crippen molar-refractivity contribution in [3.05, 3.63) is 69.8 Å². The first kappa shape index (κ1) is 19.8. The summed E-state index contributed by atoms with van der Waals surface area (Å²) in [5.41, 5.74) is 5.50. The highest BCUT2D eigenvalue weighted by Crippen LogP contribution is 2.37. The molecule has 0 saturated carbocycles. The molecule has 0 aliphatic heterocycles. The number of hydrogen-bond acceptors (Lipinski definition) is 2. The van der Waals surface area contributed by atoms with Gasteiger partial charge in [0, 0.05) is 12.0 Å². The lowest BCUT2D eigenvalue weighted by Gasteiger charge is -2.23. The van der Waals surface area contributed by atoms with Crippen molar-refractivity contribution >= 4 is 11.5 Å². The van der Waals surface area contributed by atoms with Crippen LogP contribution in [-0.4, -0.2) is 16.2 Å². The van der Waals surface area contributed by atoms with Gasteiger partial charge in [-0.1, -0.05) is 68.3 Å². The number of carboxylic acids is 1. The van der Waals surface area contributed by atoms with Crippen molar-refractivity contribution in [1.82, 2.24) is 0 Å². The van der Waals surface area contributed by atoms with Crippen LogP contribution in [0, 0.1) is 13.8 Å². The lowest BCUT2D eigenvalue weighted by Crippen LogP contribution is -2.13. The molecule has 0 aliphatic carbocycles. The molecule has 0 radical (unpaired) electrons. The number of benzene rings is 2. The van der Waals surface area contributed by atoms with Gasteiger partial charge < -0.3 is 10.2 Å². The summed E-state index contributed by atoms with van der Waals surface area (Å²) in [5.74, 6) is -0.685. The number of hydrogen-bond donors (Lipinski definition) is 2. The lowest BCUT2D eigenvalue weighted by molar-refractivity contribution is -0.132. The SMILES string of the molecule is C/C(C(=O)O)=C(\Cc1cc(C)cc(C(C)(C)C)c1O)c1ccc(C)cc1. The smallest absolute Gasteiger partial charge is 0.331 e. The van der Waals surface area contributed by atoms with Gasteiger partial charge in [-0.3, -0.25) is 0 Å². The van der Waals surface area contributed by atoms with Gasteiger partial charge >= 0.3 is 5.97 Å². The third-order valence-corrected chi connectivity index (χ3v) is 4.68. The molecule has 26 heavy (non-hydrogen) atoms. The minimum atomic E-state index is -0.941. The average Bonchev–Trinajstić information content (AvgIpc) is 2.54. The van der Waals surface area contributed by atoms with Gasteiger partial charge in [-0.05, 0) is 48.4 Å². The molecule has 0 atom stereocenters. The Kier molecular flexibility index (Phi) is 5.60. The number of phenols is 1. The Hall–Kier alpha value is -2.55. The van der Waals surface area contributed by atoms with Crippen LogP contribution >= 0.6 is 0 Å². The Balaban J connectivity index is 2.61. The molecule has 0 amide bonds. The summed E-state index contributed by atoms with van der Waals surface area (Å²) in [6, 6.07) is 11.8. The molecule has 3 nitrogen and oxygen atoms in total. The van der Waals surface area contributed by atoms with Crippen LogP contribution in [0.2, 0.25) is 0 Å². The number of carboxylic acid groups (broad SMARTS) is 1. The molecule has 0 saturated heterocycles. The Bertz CT molecular complexity index is 850. The van der Waals surface area contributed by atoms with Gasteiger partial charge in [-0.2, -0.15) is 0 Å². The van der Waals surface area contributed by atoms with Gasteiger partial charge in [0.05, 0.1) is 0 Å². The monoisotopic (exact) mass is 352 g/mol. The summed E-state index contributed by atoms with van der Waals surface area (Å²) in [7, 11) is 0. The van der Waals surface area contributed by atoms with Crippen LogP contribution in [0.15, 0.2) is 42.0 Å². The number of rotatable bonds is 4. The summed E-state index contributed by atoms with van der Waals surface area (Å²) in [5, 5.41) is 20.4. The van der Waals surface area contributed by atoms with Crippen molar-refractivity contribution in [3.63, 3.8) is 0 Å². The fourth-order valence-corrected chi connectivity index (χ4v) is 3.09. The highest BCUT2D eigenvalue weighted by atomic mass is 16.4. The molecular weight excluding hydrogens is 324 g/mol. The minimum Gasteiger partial charge on any atom is -0.507 e. The Morgan fingerprint density at radius 1 is 1.00 bits per heavy atom. The molecule has 138 valence electrons. The predicted molar refractivity (Wildman–Crippen MR) is 107 cm³/mol. The van der Waals surface area contributed by atoms with Crippen LogP contribution in [-0.2, 0) is 16.6 Å². The molecule has 0 aromatic heterocycles. The normalized spacial score (nSPS) is 12.7. The van der Waals surface area contributed by atoms with Crippen molar-refractivity contribution in [2.45, 2.75) is 53.4 Å². The number of aryl methyl sites for hydroxylation is 2. The second kappa shape index (κ2) is 7.36. The van der Waals surface area contributed by atoms with Crippen LogP contribution in [0.5, 0.6) is 5.75 Å². The van der Waals surface area contributed by atoms with E-state index in [1.165, 1.54) is 0 Å². The lowest BCUT2D eigenvalue weighted by atomic mass is 9.82. The van der Waals surface area contributed by atoms with Gasteiger partial charge in [0.25, 0.3) is 0 Å². The third kappa shape index (κ3) is 4.34. The van der Waals surface area contributed by atoms with Crippen molar-refractivity contribution in [1.29, 1.82) is 0 Å². The summed E-state index contributed by atoms with van der Waals surface area (Å²) in [4.78, 5) is 11.6. The molecule has 2 aromatic rings. The number of aliphatic carboxylic acids is 1. The van der Waals surface area contributed by atoms with E-state index in [0.29, 0.717) is 12.0 Å². The van der Waals surface area contributed by atoms with Crippen LogP contribution in [0.1, 0.15) is 55.5 Å². The second-order valence-electron chi connectivity index (χ2n) is 8.02. The molecule has 0 bridgehead atoms. The molecule has 0 unspecified atom stereocenters. The van der Waals surface area contributed by atoms with Gasteiger partial charge in [0.15, 0.2) is 0 Å². The summed E-state index contributed by atoms with van der Waals surface area (Å²) in [6.07, 6.45) is 0.373. The zero-order valence-electron chi connectivity index (χ0n) is 16.5. The molecule has 0 aliphatic rings. The molecule has 3 heteroatoms. The standard InChI is InChI=1S/C23H28O3/c1-14-7-9-17(10-8-14)19(16(3)22(25)26)13-18-11-15(2)12-20(21(18)24)23(4,5)6/h7-12,24H,13H2,1-6H3,(H,25,26)/b19-16-.